The van der Waals surface area contributed by atoms with Crippen LogP contribution in [0.5, 0.6) is 0 Å². The number of hydrogen-bond acceptors (Lipinski definition) is 8. The molecule has 0 atom stereocenters. The van der Waals surface area contributed by atoms with Gasteiger partial charge in [0, 0.05) is 41.5 Å². The minimum absolute atomic E-state index is 0.140. The first-order chi connectivity index (χ1) is 15.5. The number of anilines is 3. The quantitative estimate of drug-likeness (QED) is 0.180. The Bertz CT molecular complexity index is 1290. The number of halogens is 1. The zero-order valence-electron chi connectivity index (χ0n) is 16.5. The zero-order valence-corrected chi connectivity index (χ0v) is 17.3. The Labute approximate surface area is 186 Å². The van der Waals surface area contributed by atoms with Gasteiger partial charge < -0.3 is 16.0 Å². The molecule has 0 unspecified atom stereocenters. The van der Waals surface area contributed by atoms with Crippen molar-refractivity contribution in [3.63, 3.8) is 0 Å². The highest BCUT2D eigenvalue weighted by Gasteiger charge is 2.14. The van der Waals surface area contributed by atoms with Crippen LogP contribution in [-0.2, 0) is 0 Å². The van der Waals surface area contributed by atoms with Gasteiger partial charge in [0.2, 0.25) is 0 Å². The predicted molar refractivity (Wildman–Crippen MR) is 120 cm³/mol. The number of nitro benzene ring substituents is 1. The third-order valence-electron chi connectivity index (χ3n) is 4.47. The van der Waals surface area contributed by atoms with Crippen LogP contribution in [0.15, 0.2) is 54.9 Å². The van der Waals surface area contributed by atoms with Gasteiger partial charge in [-0.2, -0.15) is 5.10 Å². The van der Waals surface area contributed by atoms with Gasteiger partial charge in [-0.05, 0) is 24.3 Å². The minimum Gasteiger partial charge on any atom is -0.366 e. The maximum atomic E-state index is 12.3. The van der Waals surface area contributed by atoms with Gasteiger partial charge >= 0.3 is 0 Å². The van der Waals surface area contributed by atoms with Crippen molar-refractivity contribution < 1.29 is 9.72 Å². The maximum absolute atomic E-state index is 12.3. The molecule has 1 amide bonds. The van der Waals surface area contributed by atoms with Gasteiger partial charge in [-0.15, -0.1) is 0 Å². The van der Waals surface area contributed by atoms with E-state index in [0.717, 1.165) is 5.69 Å². The van der Waals surface area contributed by atoms with Gasteiger partial charge in [0.1, 0.15) is 17.5 Å². The van der Waals surface area contributed by atoms with Gasteiger partial charge in [0.05, 0.1) is 4.92 Å². The van der Waals surface area contributed by atoms with Crippen LogP contribution in [-0.4, -0.2) is 44.1 Å². The summed E-state index contributed by atoms with van der Waals surface area (Å²) >= 11 is 6.05. The molecule has 2 heterocycles. The fourth-order valence-corrected chi connectivity index (χ4v) is 3.20. The van der Waals surface area contributed by atoms with E-state index in [-0.39, 0.29) is 17.8 Å². The molecule has 162 valence electrons. The van der Waals surface area contributed by atoms with Crippen molar-refractivity contribution in [1.82, 2.24) is 25.5 Å². The number of nitrogens with one attached hydrogen (secondary N) is 4. The molecule has 12 heteroatoms. The molecule has 4 rings (SSSR count). The van der Waals surface area contributed by atoms with Crippen LogP contribution in [0.1, 0.15) is 10.4 Å². The number of fused-ring (bicyclic) bond motifs is 1. The lowest BCUT2D eigenvalue weighted by atomic mass is 10.2. The highest BCUT2D eigenvalue weighted by atomic mass is 35.5. The van der Waals surface area contributed by atoms with Gasteiger partial charge in [-0.25, -0.2) is 9.97 Å². The lowest BCUT2D eigenvalue weighted by molar-refractivity contribution is -0.384. The Balaban J connectivity index is 1.41. The Morgan fingerprint density at radius 2 is 1.94 bits per heavy atom. The number of carbonyl (C=O) groups is 1. The van der Waals surface area contributed by atoms with Crippen molar-refractivity contribution in [2.24, 2.45) is 0 Å². The lowest BCUT2D eigenvalue weighted by Crippen LogP contribution is -2.28. The third-order valence-corrected chi connectivity index (χ3v) is 4.70. The van der Waals surface area contributed by atoms with Crippen molar-refractivity contribution in [2.45, 2.75) is 0 Å². The molecule has 4 aromatic rings. The van der Waals surface area contributed by atoms with Crippen LogP contribution in [0, 0.1) is 10.1 Å². The first-order valence-electron chi connectivity index (χ1n) is 9.49. The first kappa shape index (κ1) is 21.0. The van der Waals surface area contributed by atoms with Crippen LogP contribution in [0.4, 0.5) is 23.0 Å². The summed E-state index contributed by atoms with van der Waals surface area (Å²) in [6, 6.07) is 12.8. The molecule has 32 heavy (non-hydrogen) atoms. The summed E-state index contributed by atoms with van der Waals surface area (Å²) in [5.41, 5.74) is 1.37. The SMILES string of the molecule is O=C(NCCNc1n[nH]c2ncnc(Nc3cccc(Cl)c3)c12)c1cccc([N+](=O)[O-])c1. The van der Waals surface area contributed by atoms with Crippen LogP contribution in [0.3, 0.4) is 0 Å². The molecular formula is C20H17ClN8O3. The summed E-state index contributed by atoms with van der Waals surface area (Å²) in [6.07, 6.45) is 1.41. The van der Waals surface area contributed by atoms with E-state index in [4.69, 9.17) is 11.6 Å². The number of carbonyl (C=O) groups excluding carboxylic acids is 1. The number of aromatic nitrogens is 4. The molecule has 0 spiro atoms. The Kier molecular flexibility index (Phi) is 6.08. The fourth-order valence-electron chi connectivity index (χ4n) is 3.00. The van der Waals surface area contributed by atoms with E-state index in [1.165, 1.54) is 30.6 Å². The lowest BCUT2D eigenvalue weighted by Gasteiger charge is -2.09. The summed E-state index contributed by atoms with van der Waals surface area (Å²) in [7, 11) is 0. The minimum atomic E-state index is -0.544. The second-order valence-electron chi connectivity index (χ2n) is 6.64. The van der Waals surface area contributed by atoms with Crippen LogP contribution in [0.2, 0.25) is 5.02 Å². The molecule has 2 aromatic heterocycles. The van der Waals surface area contributed by atoms with Gasteiger partial charge in [-0.1, -0.05) is 23.7 Å². The summed E-state index contributed by atoms with van der Waals surface area (Å²) in [5, 5.41) is 28.2. The molecule has 0 fully saturated rings. The van der Waals surface area contributed by atoms with E-state index in [9.17, 15) is 14.9 Å². The topological polar surface area (TPSA) is 151 Å². The molecular weight excluding hydrogens is 436 g/mol. The molecule has 11 nitrogen and oxygen atoms in total. The number of amides is 1. The van der Waals surface area contributed by atoms with Crippen molar-refractivity contribution in [3.8, 4) is 0 Å². The Morgan fingerprint density at radius 3 is 2.75 bits per heavy atom. The molecule has 4 N–H and O–H groups in total. The summed E-state index contributed by atoms with van der Waals surface area (Å²) in [4.78, 5) is 31.1. The smallest absolute Gasteiger partial charge is 0.270 e. The van der Waals surface area contributed by atoms with Crippen molar-refractivity contribution in [2.75, 3.05) is 23.7 Å². The van der Waals surface area contributed by atoms with E-state index in [1.807, 2.05) is 12.1 Å². The van der Waals surface area contributed by atoms with Crippen LogP contribution < -0.4 is 16.0 Å². The number of aromatic amines is 1. The number of benzene rings is 2. The number of nitro groups is 1. The summed E-state index contributed by atoms with van der Waals surface area (Å²) in [5.74, 6) is 0.637. The molecule has 0 saturated carbocycles. The Morgan fingerprint density at radius 1 is 1.09 bits per heavy atom. The number of hydrogen-bond donors (Lipinski definition) is 4. The molecule has 0 aliphatic carbocycles. The maximum Gasteiger partial charge on any atom is 0.270 e. The molecule has 0 bridgehead atoms. The van der Waals surface area contributed by atoms with Crippen LogP contribution >= 0.6 is 11.6 Å². The van der Waals surface area contributed by atoms with E-state index in [0.29, 0.717) is 34.2 Å². The number of non-ortho nitro benzene ring substituents is 1. The van der Waals surface area contributed by atoms with Gasteiger partial charge in [0.15, 0.2) is 11.5 Å². The van der Waals surface area contributed by atoms with E-state index in [2.05, 4.69) is 36.1 Å². The fraction of sp³-hybridized carbons (Fsp3) is 0.100. The number of nitrogens with zero attached hydrogens (tertiary/aromatic N) is 4. The van der Waals surface area contributed by atoms with Gasteiger partial charge in [-0.3, -0.25) is 20.0 Å². The van der Waals surface area contributed by atoms with E-state index < -0.39 is 10.8 Å². The van der Waals surface area contributed by atoms with Gasteiger partial charge in [0.25, 0.3) is 11.6 Å². The second-order valence-corrected chi connectivity index (χ2v) is 7.08. The van der Waals surface area contributed by atoms with E-state index in [1.54, 1.807) is 12.1 Å². The second kappa shape index (κ2) is 9.27. The Hall–Kier alpha value is -4.25. The third kappa shape index (κ3) is 4.73. The zero-order chi connectivity index (χ0) is 22.5. The van der Waals surface area contributed by atoms with Crippen molar-refractivity contribution >= 4 is 51.6 Å². The molecule has 0 aliphatic rings. The monoisotopic (exact) mass is 452 g/mol. The predicted octanol–water partition coefficient (Wildman–Crippen LogP) is 3.50. The van der Waals surface area contributed by atoms with Crippen LogP contribution in [0.25, 0.3) is 11.0 Å². The number of rotatable bonds is 8. The molecule has 2 aromatic carbocycles. The van der Waals surface area contributed by atoms with Crippen molar-refractivity contribution in [1.29, 1.82) is 0 Å². The average Bonchev–Trinajstić information content (AvgIpc) is 3.21. The molecule has 0 radical (unpaired) electrons. The van der Waals surface area contributed by atoms with E-state index >= 15 is 0 Å². The highest BCUT2D eigenvalue weighted by Crippen LogP contribution is 2.28. The largest absolute Gasteiger partial charge is 0.366 e. The molecule has 0 aliphatic heterocycles. The summed E-state index contributed by atoms with van der Waals surface area (Å²) < 4.78 is 0. The number of H-pyrrole nitrogens is 1. The standard InChI is InChI=1S/C20H17ClN8O3/c21-13-4-2-5-14(10-13)26-17-16-18(27-28-19(16)25-11-24-17)22-7-8-23-20(30)12-3-1-6-15(9-12)29(31)32/h1-6,9-11H,7-8H2,(H,23,30)(H3,22,24,25,26,27,28). The normalized spacial score (nSPS) is 10.7. The van der Waals surface area contributed by atoms with Crippen molar-refractivity contribution in [3.05, 3.63) is 75.6 Å². The average molecular weight is 453 g/mol. The molecule has 0 saturated heterocycles. The summed E-state index contributed by atoms with van der Waals surface area (Å²) in [6.45, 7) is 0.618. The highest BCUT2D eigenvalue weighted by molar-refractivity contribution is 6.30. The first-order valence-corrected chi connectivity index (χ1v) is 9.87.